The van der Waals surface area contributed by atoms with Crippen LogP contribution in [0.15, 0.2) is 42.5 Å². The molecular weight excluding hydrogens is 256 g/mol. The first-order valence-corrected chi connectivity index (χ1v) is 6.25. The van der Waals surface area contributed by atoms with Gasteiger partial charge in [-0.25, -0.2) is 4.79 Å². The molecular formula is C15H16N2O3. The van der Waals surface area contributed by atoms with Gasteiger partial charge in [-0.1, -0.05) is 30.3 Å². The van der Waals surface area contributed by atoms with Crippen LogP contribution in [0.4, 0.5) is 4.79 Å². The molecule has 0 aliphatic carbocycles. The van der Waals surface area contributed by atoms with E-state index in [0.29, 0.717) is 5.69 Å². The minimum atomic E-state index is -0.545. The highest BCUT2D eigenvalue weighted by molar-refractivity contribution is 5.67. The van der Waals surface area contributed by atoms with Crippen LogP contribution in [0.1, 0.15) is 17.0 Å². The van der Waals surface area contributed by atoms with E-state index in [9.17, 15) is 9.90 Å². The number of amides is 1. The van der Waals surface area contributed by atoms with Gasteiger partial charge in [0.15, 0.2) is 0 Å². The summed E-state index contributed by atoms with van der Waals surface area (Å²) in [6.07, 6.45) is -0.545. The van der Waals surface area contributed by atoms with E-state index in [0.717, 1.165) is 11.3 Å². The van der Waals surface area contributed by atoms with E-state index < -0.39 is 6.09 Å². The molecule has 104 valence electrons. The van der Waals surface area contributed by atoms with Crippen molar-refractivity contribution in [3.63, 3.8) is 0 Å². The Bertz CT molecular complexity index is 585. The van der Waals surface area contributed by atoms with Crippen molar-refractivity contribution >= 4 is 6.09 Å². The number of aromatic nitrogens is 1. The third-order valence-corrected chi connectivity index (χ3v) is 2.70. The van der Waals surface area contributed by atoms with Crippen LogP contribution in [0.5, 0.6) is 5.75 Å². The van der Waals surface area contributed by atoms with Crippen LogP contribution >= 0.6 is 0 Å². The monoisotopic (exact) mass is 272 g/mol. The lowest BCUT2D eigenvalue weighted by Crippen LogP contribution is -2.24. The van der Waals surface area contributed by atoms with Gasteiger partial charge in [0.25, 0.3) is 0 Å². The Balaban J connectivity index is 1.82. The van der Waals surface area contributed by atoms with Crippen LogP contribution in [-0.2, 0) is 17.9 Å². The molecule has 0 unspecified atom stereocenters. The zero-order valence-corrected chi connectivity index (χ0v) is 11.2. The summed E-state index contributed by atoms with van der Waals surface area (Å²) in [4.78, 5) is 15.7. The van der Waals surface area contributed by atoms with Crippen molar-refractivity contribution in [3.8, 4) is 5.75 Å². The van der Waals surface area contributed by atoms with Gasteiger partial charge in [-0.3, -0.25) is 4.98 Å². The fourth-order valence-electron chi connectivity index (χ4n) is 1.66. The number of pyridine rings is 1. The molecule has 20 heavy (non-hydrogen) atoms. The van der Waals surface area contributed by atoms with Gasteiger partial charge in [0.1, 0.15) is 18.1 Å². The number of hydrogen-bond donors (Lipinski definition) is 2. The number of carbonyl (C=O) groups excluding carboxylic acids is 1. The molecule has 2 N–H and O–H groups in total. The summed E-state index contributed by atoms with van der Waals surface area (Å²) < 4.78 is 5.06. The average Bonchev–Trinajstić information content (AvgIpc) is 2.47. The molecule has 0 atom stereocenters. The zero-order chi connectivity index (χ0) is 14.4. The molecule has 0 aliphatic rings. The molecule has 0 radical (unpaired) electrons. The SMILES string of the molecule is Cc1ccc(O)c(CNC(=O)OCc2ccccc2)n1. The normalized spacial score (nSPS) is 10.1. The van der Waals surface area contributed by atoms with Crippen LogP contribution < -0.4 is 5.32 Å². The van der Waals surface area contributed by atoms with E-state index in [2.05, 4.69) is 10.3 Å². The number of carbonyl (C=O) groups is 1. The fourth-order valence-corrected chi connectivity index (χ4v) is 1.66. The van der Waals surface area contributed by atoms with Crippen molar-refractivity contribution in [2.75, 3.05) is 0 Å². The summed E-state index contributed by atoms with van der Waals surface area (Å²) in [6.45, 7) is 2.15. The third kappa shape index (κ3) is 3.98. The summed E-state index contributed by atoms with van der Waals surface area (Å²) >= 11 is 0. The molecule has 5 nitrogen and oxygen atoms in total. The number of ether oxygens (including phenoxy) is 1. The molecule has 0 aliphatic heterocycles. The number of hydrogen-bond acceptors (Lipinski definition) is 4. The van der Waals surface area contributed by atoms with E-state index >= 15 is 0 Å². The number of rotatable bonds is 4. The molecule has 5 heteroatoms. The fraction of sp³-hybridized carbons (Fsp3) is 0.200. The van der Waals surface area contributed by atoms with E-state index in [-0.39, 0.29) is 18.9 Å². The van der Waals surface area contributed by atoms with Gasteiger partial charge >= 0.3 is 6.09 Å². The second-order valence-electron chi connectivity index (χ2n) is 4.33. The molecule has 2 rings (SSSR count). The zero-order valence-electron chi connectivity index (χ0n) is 11.2. The third-order valence-electron chi connectivity index (χ3n) is 2.70. The minimum Gasteiger partial charge on any atom is -0.506 e. The topological polar surface area (TPSA) is 71.5 Å². The Morgan fingerprint density at radius 2 is 2.00 bits per heavy atom. The van der Waals surface area contributed by atoms with Gasteiger partial charge < -0.3 is 15.2 Å². The van der Waals surface area contributed by atoms with E-state index in [1.54, 1.807) is 12.1 Å². The number of aromatic hydroxyl groups is 1. The van der Waals surface area contributed by atoms with Crippen LogP contribution in [0, 0.1) is 6.92 Å². The van der Waals surface area contributed by atoms with Gasteiger partial charge in [0.2, 0.25) is 0 Å². The van der Waals surface area contributed by atoms with Gasteiger partial charge in [-0.05, 0) is 24.6 Å². The first-order chi connectivity index (χ1) is 9.65. The Kier molecular flexibility index (Phi) is 4.55. The molecule has 1 aromatic carbocycles. The number of aryl methyl sites for hydroxylation is 1. The maximum absolute atomic E-state index is 11.5. The number of nitrogens with zero attached hydrogens (tertiary/aromatic N) is 1. The molecule has 0 saturated heterocycles. The Morgan fingerprint density at radius 3 is 2.75 bits per heavy atom. The predicted octanol–water partition coefficient (Wildman–Crippen LogP) is 2.52. The predicted molar refractivity (Wildman–Crippen MR) is 74.1 cm³/mol. The number of alkyl carbamates (subject to hydrolysis) is 1. The van der Waals surface area contributed by atoms with Gasteiger partial charge in [-0.15, -0.1) is 0 Å². The molecule has 0 bridgehead atoms. The summed E-state index contributed by atoms with van der Waals surface area (Å²) in [6, 6.07) is 12.7. The lowest BCUT2D eigenvalue weighted by Gasteiger charge is -2.08. The van der Waals surface area contributed by atoms with Crippen LogP contribution in [0.2, 0.25) is 0 Å². The standard InChI is InChI=1S/C15H16N2O3/c1-11-7-8-14(18)13(17-11)9-16-15(19)20-10-12-5-3-2-4-6-12/h2-8,18H,9-10H2,1H3,(H,16,19). The van der Waals surface area contributed by atoms with Crippen molar-refractivity contribution in [1.82, 2.24) is 10.3 Å². The van der Waals surface area contributed by atoms with Crippen molar-refractivity contribution < 1.29 is 14.6 Å². The van der Waals surface area contributed by atoms with E-state index in [4.69, 9.17) is 4.74 Å². The van der Waals surface area contributed by atoms with E-state index in [1.807, 2.05) is 37.3 Å². The first kappa shape index (κ1) is 13.9. The number of nitrogens with one attached hydrogen (secondary N) is 1. The second-order valence-corrected chi connectivity index (χ2v) is 4.33. The minimum absolute atomic E-state index is 0.0546. The summed E-state index contributed by atoms with van der Waals surface area (Å²) in [5.74, 6) is 0.0546. The highest BCUT2D eigenvalue weighted by Crippen LogP contribution is 2.14. The maximum atomic E-state index is 11.5. The molecule has 0 spiro atoms. The second kappa shape index (κ2) is 6.56. The molecule has 1 heterocycles. The molecule has 0 saturated carbocycles. The van der Waals surface area contributed by atoms with Crippen molar-refractivity contribution in [2.24, 2.45) is 0 Å². The number of benzene rings is 1. The average molecular weight is 272 g/mol. The Morgan fingerprint density at radius 1 is 1.25 bits per heavy atom. The van der Waals surface area contributed by atoms with Crippen LogP contribution in [0.25, 0.3) is 0 Å². The van der Waals surface area contributed by atoms with E-state index in [1.165, 1.54) is 0 Å². The van der Waals surface area contributed by atoms with Gasteiger partial charge in [0.05, 0.1) is 6.54 Å². The Labute approximate surface area is 117 Å². The highest BCUT2D eigenvalue weighted by Gasteiger charge is 2.07. The van der Waals surface area contributed by atoms with Crippen molar-refractivity contribution in [2.45, 2.75) is 20.1 Å². The van der Waals surface area contributed by atoms with Crippen molar-refractivity contribution in [1.29, 1.82) is 0 Å². The van der Waals surface area contributed by atoms with Crippen LogP contribution in [0.3, 0.4) is 0 Å². The maximum Gasteiger partial charge on any atom is 0.407 e. The molecule has 0 fully saturated rings. The van der Waals surface area contributed by atoms with Crippen molar-refractivity contribution in [3.05, 3.63) is 59.4 Å². The molecule has 1 amide bonds. The van der Waals surface area contributed by atoms with Gasteiger partial charge in [0, 0.05) is 5.69 Å². The highest BCUT2D eigenvalue weighted by atomic mass is 16.5. The first-order valence-electron chi connectivity index (χ1n) is 6.25. The quantitative estimate of drug-likeness (QED) is 0.897. The van der Waals surface area contributed by atoms with Crippen LogP contribution in [-0.4, -0.2) is 16.2 Å². The Hall–Kier alpha value is -2.56. The summed E-state index contributed by atoms with van der Waals surface area (Å²) in [5.41, 5.74) is 2.11. The molecule has 2 aromatic rings. The molecule has 1 aromatic heterocycles. The largest absolute Gasteiger partial charge is 0.506 e. The lowest BCUT2D eigenvalue weighted by molar-refractivity contribution is 0.139. The summed E-state index contributed by atoms with van der Waals surface area (Å²) in [5, 5.41) is 12.2. The summed E-state index contributed by atoms with van der Waals surface area (Å²) in [7, 11) is 0. The lowest BCUT2D eigenvalue weighted by atomic mass is 10.2. The smallest absolute Gasteiger partial charge is 0.407 e. The van der Waals surface area contributed by atoms with Gasteiger partial charge in [-0.2, -0.15) is 0 Å².